The zero-order valence-electron chi connectivity index (χ0n) is 11.2. The van der Waals surface area contributed by atoms with Crippen molar-refractivity contribution in [1.82, 2.24) is 4.90 Å². The van der Waals surface area contributed by atoms with Gasteiger partial charge in [0.25, 0.3) is 0 Å². The summed E-state index contributed by atoms with van der Waals surface area (Å²) in [5.74, 6) is 0. The number of carbonyl (C=O) groups is 1. The maximum absolute atomic E-state index is 12.1. The third kappa shape index (κ3) is 3.94. The van der Waals surface area contributed by atoms with E-state index < -0.39 is 10.0 Å². The average molecular weight is 297 g/mol. The number of anilines is 1. The van der Waals surface area contributed by atoms with Gasteiger partial charge in [0.1, 0.15) is 0 Å². The maximum atomic E-state index is 12.1. The van der Waals surface area contributed by atoms with Crippen molar-refractivity contribution in [2.24, 2.45) is 5.14 Å². The van der Waals surface area contributed by atoms with Crippen LogP contribution >= 0.6 is 0 Å². The number of nitrogens with one attached hydrogen (secondary N) is 1. The first-order chi connectivity index (χ1) is 9.47. The summed E-state index contributed by atoms with van der Waals surface area (Å²) in [6.07, 6.45) is 4.30. The van der Waals surface area contributed by atoms with Crippen LogP contribution in [0, 0.1) is 0 Å². The van der Waals surface area contributed by atoms with E-state index in [9.17, 15) is 13.2 Å². The molecule has 1 fully saturated rings. The SMILES string of the molecule is NS(=O)(=O)c1cccc(NC(=O)N2CCCCCC2)c1. The molecule has 0 saturated carbocycles. The van der Waals surface area contributed by atoms with E-state index in [4.69, 9.17) is 5.14 Å². The van der Waals surface area contributed by atoms with Crippen LogP contribution in [-0.4, -0.2) is 32.4 Å². The van der Waals surface area contributed by atoms with Crippen LogP contribution in [0.5, 0.6) is 0 Å². The molecule has 0 atom stereocenters. The molecule has 6 nitrogen and oxygen atoms in total. The van der Waals surface area contributed by atoms with Crippen LogP contribution in [0.25, 0.3) is 0 Å². The molecule has 0 aliphatic carbocycles. The third-order valence-electron chi connectivity index (χ3n) is 3.31. The van der Waals surface area contributed by atoms with Gasteiger partial charge < -0.3 is 10.2 Å². The van der Waals surface area contributed by atoms with Gasteiger partial charge in [0.15, 0.2) is 0 Å². The molecule has 0 radical (unpaired) electrons. The molecule has 0 aromatic heterocycles. The number of nitrogens with two attached hydrogens (primary N) is 1. The Morgan fingerprint density at radius 2 is 1.80 bits per heavy atom. The summed E-state index contributed by atoms with van der Waals surface area (Å²) in [7, 11) is -3.76. The molecule has 3 N–H and O–H groups in total. The molecule has 0 bridgehead atoms. The molecule has 1 aliphatic heterocycles. The largest absolute Gasteiger partial charge is 0.325 e. The van der Waals surface area contributed by atoms with E-state index in [1.165, 1.54) is 12.1 Å². The van der Waals surface area contributed by atoms with E-state index in [1.807, 2.05) is 0 Å². The highest BCUT2D eigenvalue weighted by Gasteiger charge is 2.16. The van der Waals surface area contributed by atoms with E-state index >= 15 is 0 Å². The Morgan fingerprint density at radius 3 is 2.40 bits per heavy atom. The van der Waals surface area contributed by atoms with Crippen molar-refractivity contribution in [3.05, 3.63) is 24.3 Å². The first-order valence-electron chi connectivity index (χ1n) is 6.65. The van der Waals surface area contributed by atoms with Crippen LogP contribution in [0.1, 0.15) is 25.7 Å². The Bertz CT molecular complexity index is 578. The Balaban J connectivity index is 2.07. The minimum absolute atomic E-state index is 0.00818. The lowest BCUT2D eigenvalue weighted by atomic mass is 10.2. The molecule has 1 aromatic rings. The smallest absolute Gasteiger partial charge is 0.321 e. The minimum Gasteiger partial charge on any atom is -0.325 e. The van der Waals surface area contributed by atoms with Gasteiger partial charge in [0.05, 0.1) is 4.90 Å². The summed E-state index contributed by atoms with van der Waals surface area (Å²) in [4.78, 5) is 13.9. The summed E-state index contributed by atoms with van der Waals surface area (Å²) >= 11 is 0. The summed E-state index contributed by atoms with van der Waals surface area (Å²) in [6, 6.07) is 5.77. The van der Waals surface area contributed by atoms with Crippen LogP contribution in [0.15, 0.2) is 29.2 Å². The van der Waals surface area contributed by atoms with Gasteiger partial charge in [-0.2, -0.15) is 0 Å². The van der Waals surface area contributed by atoms with Gasteiger partial charge >= 0.3 is 6.03 Å². The van der Waals surface area contributed by atoms with Gasteiger partial charge in [0.2, 0.25) is 10.0 Å². The summed E-state index contributed by atoms with van der Waals surface area (Å²) < 4.78 is 22.5. The highest BCUT2D eigenvalue weighted by atomic mass is 32.2. The molecule has 110 valence electrons. The fourth-order valence-electron chi connectivity index (χ4n) is 2.23. The van der Waals surface area contributed by atoms with Crippen LogP contribution in [0.2, 0.25) is 0 Å². The summed E-state index contributed by atoms with van der Waals surface area (Å²) in [5, 5.41) is 7.79. The minimum atomic E-state index is -3.76. The highest BCUT2D eigenvalue weighted by Crippen LogP contribution is 2.16. The molecule has 1 saturated heterocycles. The van der Waals surface area contributed by atoms with Gasteiger partial charge in [-0.1, -0.05) is 18.9 Å². The lowest BCUT2D eigenvalue weighted by Crippen LogP contribution is -2.35. The van der Waals surface area contributed by atoms with Crippen LogP contribution in [-0.2, 0) is 10.0 Å². The Kier molecular flexibility index (Phi) is 4.61. The molecule has 0 spiro atoms. The maximum Gasteiger partial charge on any atom is 0.321 e. The van der Waals surface area contributed by atoms with E-state index in [-0.39, 0.29) is 10.9 Å². The highest BCUT2D eigenvalue weighted by molar-refractivity contribution is 7.89. The molecule has 1 heterocycles. The van der Waals surface area contributed by atoms with Crippen molar-refractivity contribution in [2.45, 2.75) is 30.6 Å². The van der Waals surface area contributed by atoms with Gasteiger partial charge in [-0.3, -0.25) is 0 Å². The predicted molar refractivity (Wildman–Crippen MR) is 76.9 cm³/mol. The van der Waals surface area contributed by atoms with Crippen molar-refractivity contribution < 1.29 is 13.2 Å². The number of rotatable bonds is 2. The summed E-state index contributed by atoms with van der Waals surface area (Å²) in [5.41, 5.74) is 0.436. The Morgan fingerprint density at radius 1 is 1.15 bits per heavy atom. The first kappa shape index (κ1) is 14.8. The number of carbonyl (C=O) groups excluding carboxylic acids is 1. The summed E-state index contributed by atoms with van der Waals surface area (Å²) in [6.45, 7) is 1.47. The van der Waals surface area contributed by atoms with Crippen molar-refractivity contribution in [3.63, 3.8) is 0 Å². The number of hydrogen-bond donors (Lipinski definition) is 2. The topological polar surface area (TPSA) is 92.5 Å². The molecule has 7 heteroatoms. The molecule has 1 aromatic carbocycles. The monoisotopic (exact) mass is 297 g/mol. The number of hydrogen-bond acceptors (Lipinski definition) is 3. The van der Waals surface area contributed by atoms with Crippen molar-refractivity contribution in [2.75, 3.05) is 18.4 Å². The number of benzene rings is 1. The predicted octanol–water partition coefficient (Wildman–Crippen LogP) is 1.74. The zero-order valence-corrected chi connectivity index (χ0v) is 12.0. The number of amides is 2. The molecule has 0 unspecified atom stereocenters. The number of likely N-dealkylation sites (tertiary alicyclic amines) is 1. The van der Waals surface area contributed by atoms with Crippen molar-refractivity contribution in [1.29, 1.82) is 0 Å². The molecular formula is C13H19N3O3S. The normalized spacial score (nSPS) is 16.6. The fourth-order valence-corrected chi connectivity index (χ4v) is 2.79. The molecular weight excluding hydrogens is 278 g/mol. The Hall–Kier alpha value is -1.60. The van der Waals surface area contributed by atoms with Gasteiger partial charge in [0, 0.05) is 18.8 Å². The quantitative estimate of drug-likeness (QED) is 0.870. The zero-order chi connectivity index (χ0) is 14.6. The third-order valence-corrected chi connectivity index (χ3v) is 4.22. The van der Waals surface area contributed by atoms with Crippen LogP contribution < -0.4 is 10.5 Å². The molecule has 2 amide bonds. The number of urea groups is 1. The fraction of sp³-hybridized carbons (Fsp3) is 0.462. The van der Waals surface area contributed by atoms with Crippen LogP contribution in [0.4, 0.5) is 10.5 Å². The van der Waals surface area contributed by atoms with Crippen molar-refractivity contribution >= 4 is 21.7 Å². The number of nitrogens with zero attached hydrogens (tertiary/aromatic N) is 1. The second kappa shape index (κ2) is 6.23. The van der Waals surface area contributed by atoms with Crippen LogP contribution in [0.3, 0.4) is 0 Å². The molecule has 20 heavy (non-hydrogen) atoms. The standard InChI is InChI=1S/C13H19N3O3S/c14-20(18,19)12-7-5-6-11(10-12)15-13(17)16-8-3-1-2-4-9-16/h5-7,10H,1-4,8-9H2,(H,15,17)(H2,14,18,19). The number of primary sulfonamides is 1. The van der Waals surface area contributed by atoms with Gasteiger partial charge in [-0.25, -0.2) is 18.4 Å². The van der Waals surface area contributed by atoms with Crippen molar-refractivity contribution in [3.8, 4) is 0 Å². The van der Waals surface area contributed by atoms with E-state index in [0.29, 0.717) is 5.69 Å². The van der Waals surface area contributed by atoms with E-state index in [2.05, 4.69) is 5.32 Å². The average Bonchev–Trinajstić information content (AvgIpc) is 2.67. The van der Waals surface area contributed by atoms with E-state index in [0.717, 1.165) is 38.8 Å². The molecule has 1 aliphatic rings. The number of sulfonamides is 1. The van der Waals surface area contributed by atoms with Gasteiger partial charge in [-0.05, 0) is 31.0 Å². The Labute approximate surface area is 119 Å². The molecule has 2 rings (SSSR count). The van der Waals surface area contributed by atoms with Gasteiger partial charge in [-0.15, -0.1) is 0 Å². The lowest BCUT2D eigenvalue weighted by Gasteiger charge is -2.20. The first-order valence-corrected chi connectivity index (χ1v) is 8.20. The van der Waals surface area contributed by atoms with E-state index in [1.54, 1.807) is 17.0 Å². The lowest BCUT2D eigenvalue weighted by molar-refractivity contribution is 0.214. The second-order valence-corrected chi connectivity index (χ2v) is 6.47. The second-order valence-electron chi connectivity index (χ2n) is 4.90.